The van der Waals surface area contributed by atoms with Crippen molar-refractivity contribution >= 4 is 22.0 Å². The van der Waals surface area contributed by atoms with Gasteiger partial charge in [-0.05, 0) is 18.2 Å². The number of ether oxygens (including phenoxy) is 2. The van der Waals surface area contributed by atoms with Crippen LogP contribution < -0.4 is 0 Å². The van der Waals surface area contributed by atoms with Crippen molar-refractivity contribution in [2.45, 2.75) is 31.3 Å². The quantitative estimate of drug-likeness (QED) is 0.712. The van der Waals surface area contributed by atoms with Crippen molar-refractivity contribution in [1.82, 2.24) is 4.31 Å². The predicted octanol–water partition coefficient (Wildman–Crippen LogP) is 1.33. The molecule has 0 bridgehead atoms. The summed E-state index contributed by atoms with van der Waals surface area (Å²) in [6.45, 7) is 3.75. The van der Waals surface area contributed by atoms with E-state index in [1.807, 2.05) is 0 Å². The van der Waals surface area contributed by atoms with Crippen LogP contribution in [0.3, 0.4) is 0 Å². The van der Waals surface area contributed by atoms with Gasteiger partial charge in [0.2, 0.25) is 16.1 Å². The highest BCUT2D eigenvalue weighted by Crippen LogP contribution is 2.22. The fourth-order valence-electron chi connectivity index (χ4n) is 2.31. The number of carbonyl (C=O) groups excluding carboxylic acids is 2. The average molecular weight is 359 g/mol. The van der Waals surface area contributed by atoms with Gasteiger partial charge in [0.15, 0.2) is 0 Å². The number of sulfonamides is 1. The molecule has 1 aliphatic rings. The second kappa shape index (κ2) is 7.27. The minimum absolute atomic E-state index is 0.151. The molecule has 132 valence electrons. The number of cyclic esters (lactones) is 1. The highest BCUT2D eigenvalue weighted by atomic mass is 32.2. The molecule has 0 spiro atoms. The van der Waals surface area contributed by atoms with Crippen molar-refractivity contribution in [2.75, 3.05) is 19.7 Å². The van der Waals surface area contributed by atoms with Gasteiger partial charge in [0.05, 0.1) is 12.2 Å². The number of halogens is 1. The maximum absolute atomic E-state index is 14.0. The Hall–Kier alpha value is -2.00. The Labute approximate surface area is 139 Å². The molecule has 0 unspecified atom stereocenters. The SMILES string of the molecule is CCN(CC)S(=O)(=O)c1cc(C(=O)O[C@@H]2CCOC2=O)ccc1F. The summed E-state index contributed by atoms with van der Waals surface area (Å²) >= 11 is 0. The predicted molar refractivity (Wildman–Crippen MR) is 81.3 cm³/mol. The third-order valence-electron chi connectivity index (χ3n) is 3.63. The first kappa shape index (κ1) is 18.3. The normalized spacial score (nSPS) is 17.8. The van der Waals surface area contributed by atoms with E-state index < -0.39 is 38.8 Å². The summed E-state index contributed by atoms with van der Waals surface area (Å²) in [5.41, 5.74) is -0.151. The molecule has 0 aliphatic carbocycles. The van der Waals surface area contributed by atoms with Crippen molar-refractivity contribution in [3.8, 4) is 0 Å². The molecule has 1 aromatic carbocycles. The first-order chi connectivity index (χ1) is 11.3. The Morgan fingerprint density at radius 1 is 1.38 bits per heavy atom. The lowest BCUT2D eigenvalue weighted by molar-refractivity contribution is -0.145. The fraction of sp³-hybridized carbons (Fsp3) is 0.467. The van der Waals surface area contributed by atoms with Gasteiger partial charge < -0.3 is 9.47 Å². The Kier molecular flexibility index (Phi) is 5.55. The van der Waals surface area contributed by atoms with E-state index in [1.165, 1.54) is 0 Å². The van der Waals surface area contributed by atoms with Crippen LogP contribution in [0.15, 0.2) is 23.1 Å². The molecule has 0 N–H and O–H groups in total. The Balaban J connectivity index is 2.31. The molecule has 24 heavy (non-hydrogen) atoms. The van der Waals surface area contributed by atoms with Crippen molar-refractivity contribution in [1.29, 1.82) is 0 Å². The lowest BCUT2D eigenvalue weighted by Gasteiger charge is -2.19. The summed E-state index contributed by atoms with van der Waals surface area (Å²) in [6.07, 6.45) is -0.790. The summed E-state index contributed by atoms with van der Waals surface area (Å²) in [4.78, 5) is 22.8. The summed E-state index contributed by atoms with van der Waals surface area (Å²) in [5, 5.41) is 0. The van der Waals surface area contributed by atoms with Crippen LogP contribution in [-0.2, 0) is 24.3 Å². The zero-order chi connectivity index (χ0) is 17.9. The highest BCUT2D eigenvalue weighted by Gasteiger charge is 2.32. The van der Waals surface area contributed by atoms with Crippen molar-refractivity contribution in [3.05, 3.63) is 29.6 Å². The van der Waals surface area contributed by atoms with Gasteiger partial charge in [-0.15, -0.1) is 0 Å². The van der Waals surface area contributed by atoms with Crippen molar-refractivity contribution < 1.29 is 31.9 Å². The van der Waals surface area contributed by atoms with Crippen LogP contribution in [0.25, 0.3) is 0 Å². The van der Waals surface area contributed by atoms with Gasteiger partial charge in [-0.2, -0.15) is 4.31 Å². The third kappa shape index (κ3) is 3.57. The zero-order valence-corrected chi connectivity index (χ0v) is 14.1. The summed E-state index contributed by atoms with van der Waals surface area (Å²) in [5.74, 6) is -2.52. The lowest BCUT2D eigenvalue weighted by Crippen LogP contribution is -2.31. The average Bonchev–Trinajstić information content (AvgIpc) is 2.93. The Morgan fingerprint density at radius 3 is 2.58 bits per heavy atom. The number of hydrogen-bond acceptors (Lipinski definition) is 6. The largest absolute Gasteiger partial charge is 0.463 e. The smallest absolute Gasteiger partial charge is 0.347 e. The Bertz CT molecular complexity index is 744. The zero-order valence-electron chi connectivity index (χ0n) is 13.3. The van der Waals surface area contributed by atoms with E-state index in [0.29, 0.717) is 0 Å². The molecule has 1 saturated heterocycles. The number of esters is 2. The Morgan fingerprint density at radius 2 is 2.04 bits per heavy atom. The maximum atomic E-state index is 14.0. The van der Waals surface area contributed by atoms with Crippen molar-refractivity contribution in [2.24, 2.45) is 0 Å². The molecular formula is C15H18FNO6S. The van der Waals surface area contributed by atoms with E-state index in [0.717, 1.165) is 22.5 Å². The maximum Gasteiger partial charge on any atom is 0.347 e. The van der Waals surface area contributed by atoms with Crippen LogP contribution in [0.2, 0.25) is 0 Å². The molecule has 1 heterocycles. The number of carbonyl (C=O) groups is 2. The fourth-order valence-corrected chi connectivity index (χ4v) is 3.86. The minimum Gasteiger partial charge on any atom is -0.463 e. The third-order valence-corrected chi connectivity index (χ3v) is 5.69. The van der Waals surface area contributed by atoms with Gasteiger partial charge in [-0.1, -0.05) is 13.8 Å². The van der Waals surface area contributed by atoms with Gasteiger partial charge in [0.1, 0.15) is 10.7 Å². The molecule has 0 amide bonds. The lowest BCUT2D eigenvalue weighted by atomic mass is 10.2. The summed E-state index contributed by atoms with van der Waals surface area (Å²) in [6, 6.07) is 2.92. The standard InChI is InChI=1S/C15H18FNO6S/c1-3-17(4-2)24(20,21)13-9-10(5-6-11(13)16)14(18)23-12-7-8-22-15(12)19/h5-6,9,12H,3-4,7-8H2,1-2H3/t12-/m1/s1. The minimum atomic E-state index is -4.07. The number of hydrogen-bond donors (Lipinski definition) is 0. The van der Waals surface area contributed by atoms with Gasteiger partial charge in [0.25, 0.3) is 0 Å². The summed E-state index contributed by atoms with van der Waals surface area (Å²) < 4.78 is 49.6. The number of benzene rings is 1. The van der Waals surface area contributed by atoms with E-state index in [2.05, 4.69) is 4.74 Å². The molecule has 1 atom stereocenters. The molecule has 0 radical (unpaired) electrons. The van der Waals surface area contributed by atoms with Gasteiger partial charge in [-0.25, -0.2) is 22.4 Å². The van der Waals surface area contributed by atoms with E-state index in [9.17, 15) is 22.4 Å². The molecule has 0 saturated carbocycles. The molecule has 1 aliphatic heterocycles. The second-order valence-corrected chi connectivity index (χ2v) is 6.99. The van der Waals surface area contributed by atoms with Gasteiger partial charge >= 0.3 is 11.9 Å². The molecule has 1 aromatic rings. The molecular weight excluding hydrogens is 341 g/mol. The topological polar surface area (TPSA) is 90.0 Å². The number of rotatable bonds is 6. The van der Waals surface area contributed by atoms with Crippen LogP contribution in [-0.4, -0.2) is 50.5 Å². The van der Waals surface area contributed by atoms with Crippen LogP contribution in [0, 0.1) is 5.82 Å². The first-order valence-corrected chi connectivity index (χ1v) is 8.92. The monoisotopic (exact) mass is 359 g/mol. The summed E-state index contributed by atoms with van der Waals surface area (Å²) in [7, 11) is -4.07. The van der Waals surface area contributed by atoms with E-state index in [1.54, 1.807) is 13.8 Å². The van der Waals surface area contributed by atoms with Crippen LogP contribution in [0.5, 0.6) is 0 Å². The van der Waals surface area contributed by atoms with Gasteiger partial charge in [-0.3, -0.25) is 0 Å². The highest BCUT2D eigenvalue weighted by molar-refractivity contribution is 7.89. The van der Waals surface area contributed by atoms with E-state index in [4.69, 9.17) is 4.74 Å². The number of nitrogens with zero attached hydrogens (tertiary/aromatic N) is 1. The van der Waals surface area contributed by atoms with Crippen LogP contribution in [0.4, 0.5) is 4.39 Å². The second-order valence-electron chi connectivity index (χ2n) is 5.08. The molecule has 1 fully saturated rings. The van der Waals surface area contributed by atoms with E-state index >= 15 is 0 Å². The molecule has 9 heteroatoms. The van der Waals surface area contributed by atoms with Crippen LogP contribution in [0.1, 0.15) is 30.6 Å². The van der Waals surface area contributed by atoms with Gasteiger partial charge in [0, 0.05) is 19.5 Å². The van der Waals surface area contributed by atoms with E-state index in [-0.39, 0.29) is 31.7 Å². The first-order valence-electron chi connectivity index (χ1n) is 7.48. The van der Waals surface area contributed by atoms with Crippen LogP contribution >= 0.6 is 0 Å². The molecule has 0 aromatic heterocycles. The van der Waals surface area contributed by atoms with Crippen molar-refractivity contribution in [3.63, 3.8) is 0 Å². The molecule has 2 rings (SSSR count). The molecule has 7 nitrogen and oxygen atoms in total.